The summed E-state index contributed by atoms with van der Waals surface area (Å²) in [6.07, 6.45) is 0. The molecule has 0 saturated heterocycles. The maximum Gasteiger partial charge on any atom is 0.149 e. The van der Waals surface area contributed by atoms with Gasteiger partial charge in [0, 0.05) is 12.0 Å². The molecule has 18 heavy (non-hydrogen) atoms. The Hall–Kier alpha value is -1.68. The smallest absolute Gasteiger partial charge is 0.149 e. The van der Waals surface area contributed by atoms with Gasteiger partial charge in [-0.15, -0.1) is 0 Å². The third-order valence-corrected chi connectivity index (χ3v) is 2.69. The van der Waals surface area contributed by atoms with E-state index in [0.29, 0.717) is 6.54 Å². The normalized spacial score (nSPS) is 11.8. The van der Waals surface area contributed by atoms with E-state index >= 15 is 0 Å². The molecule has 2 aromatic rings. The summed E-state index contributed by atoms with van der Waals surface area (Å²) < 4.78 is 0. The molecule has 2 N–H and O–H groups in total. The van der Waals surface area contributed by atoms with Gasteiger partial charge >= 0.3 is 0 Å². The fourth-order valence-corrected chi connectivity index (χ4v) is 1.82. The average Bonchev–Trinajstić information content (AvgIpc) is 2.34. The fraction of sp³-hybridized carbons (Fsp3) is 0.429. The second-order valence-electron chi connectivity index (χ2n) is 5.31. The van der Waals surface area contributed by atoms with Crippen LogP contribution >= 0.6 is 0 Å². The number of fused-ring (bicyclic) bond motifs is 1. The van der Waals surface area contributed by atoms with E-state index in [2.05, 4.69) is 31.1 Å². The third-order valence-electron chi connectivity index (χ3n) is 2.69. The van der Waals surface area contributed by atoms with Gasteiger partial charge in [0.05, 0.1) is 23.3 Å². The van der Waals surface area contributed by atoms with E-state index in [1.54, 1.807) is 0 Å². The lowest BCUT2D eigenvalue weighted by atomic mass is 9.91. The molecule has 0 fully saturated rings. The number of aliphatic hydroxyl groups excluding tert-OH is 1. The number of hydrogen-bond acceptors (Lipinski definition) is 4. The summed E-state index contributed by atoms with van der Waals surface area (Å²) in [5.41, 5.74) is 2.60. The van der Waals surface area contributed by atoms with Crippen LogP contribution in [0.25, 0.3) is 11.0 Å². The van der Waals surface area contributed by atoms with E-state index in [0.717, 1.165) is 22.5 Å². The van der Waals surface area contributed by atoms with Gasteiger partial charge in [0.1, 0.15) is 5.82 Å². The van der Waals surface area contributed by atoms with Gasteiger partial charge in [0.25, 0.3) is 0 Å². The van der Waals surface area contributed by atoms with E-state index in [1.165, 1.54) is 0 Å². The van der Waals surface area contributed by atoms with Crippen LogP contribution < -0.4 is 5.32 Å². The first-order valence-corrected chi connectivity index (χ1v) is 6.14. The minimum absolute atomic E-state index is 0.0814. The van der Waals surface area contributed by atoms with E-state index in [4.69, 9.17) is 10.1 Å². The molecular weight excluding hydrogens is 226 g/mol. The monoisotopic (exact) mass is 245 g/mol. The second kappa shape index (κ2) is 4.90. The number of para-hydroxylation sites is 2. The molecule has 0 atom stereocenters. The van der Waals surface area contributed by atoms with Gasteiger partial charge in [-0.25, -0.2) is 9.97 Å². The molecule has 0 aliphatic rings. The van der Waals surface area contributed by atoms with Crippen LogP contribution in [0.3, 0.4) is 0 Å². The Morgan fingerprint density at radius 1 is 1.11 bits per heavy atom. The largest absolute Gasteiger partial charge is 0.395 e. The number of hydrogen-bond donors (Lipinski definition) is 2. The highest BCUT2D eigenvalue weighted by atomic mass is 16.3. The molecule has 4 heteroatoms. The van der Waals surface area contributed by atoms with Crippen LogP contribution in [0.1, 0.15) is 26.5 Å². The Morgan fingerprint density at radius 3 is 2.28 bits per heavy atom. The summed E-state index contributed by atoms with van der Waals surface area (Å²) >= 11 is 0. The van der Waals surface area contributed by atoms with Crippen molar-refractivity contribution >= 4 is 16.9 Å². The number of aromatic nitrogens is 2. The Balaban J connectivity index is 2.56. The number of anilines is 1. The number of benzene rings is 1. The van der Waals surface area contributed by atoms with Crippen LogP contribution in [-0.2, 0) is 5.41 Å². The van der Waals surface area contributed by atoms with Gasteiger partial charge in [0.2, 0.25) is 0 Å². The zero-order valence-electron chi connectivity index (χ0n) is 11.1. The van der Waals surface area contributed by atoms with Crippen molar-refractivity contribution in [2.75, 3.05) is 18.5 Å². The van der Waals surface area contributed by atoms with Crippen molar-refractivity contribution in [2.45, 2.75) is 26.2 Å². The van der Waals surface area contributed by atoms with Crippen LogP contribution in [0.15, 0.2) is 24.3 Å². The number of rotatable bonds is 3. The summed E-state index contributed by atoms with van der Waals surface area (Å²) in [5, 5.41) is 12.1. The molecule has 2 rings (SSSR count). The summed E-state index contributed by atoms with van der Waals surface area (Å²) in [7, 11) is 0. The molecule has 0 bridgehead atoms. The number of nitrogens with one attached hydrogen (secondary N) is 1. The molecule has 1 heterocycles. The summed E-state index contributed by atoms with van der Waals surface area (Å²) in [5.74, 6) is 0.759. The van der Waals surface area contributed by atoms with E-state index in [-0.39, 0.29) is 12.0 Å². The van der Waals surface area contributed by atoms with Crippen molar-refractivity contribution in [3.05, 3.63) is 30.0 Å². The van der Waals surface area contributed by atoms with Crippen molar-refractivity contribution in [3.8, 4) is 0 Å². The highest BCUT2D eigenvalue weighted by molar-refractivity contribution is 5.76. The molecule has 0 unspecified atom stereocenters. The SMILES string of the molecule is CC(C)(C)c1nc2ccccc2nc1NCCO. The maximum atomic E-state index is 8.92. The Bertz CT molecular complexity index is 546. The first kappa shape index (κ1) is 12.8. The van der Waals surface area contributed by atoms with Crippen molar-refractivity contribution in [1.82, 2.24) is 9.97 Å². The fourth-order valence-electron chi connectivity index (χ4n) is 1.82. The predicted octanol–water partition coefficient (Wildman–Crippen LogP) is 2.33. The lowest BCUT2D eigenvalue weighted by Crippen LogP contribution is -2.19. The van der Waals surface area contributed by atoms with Gasteiger partial charge in [-0.05, 0) is 12.1 Å². The molecule has 0 aliphatic heterocycles. The van der Waals surface area contributed by atoms with Crippen molar-refractivity contribution in [3.63, 3.8) is 0 Å². The standard InChI is InChI=1S/C14H19N3O/c1-14(2,3)12-13(15-8-9-18)17-11-7-5-4-6-10(11)16-12/h4-7,18H,8-9H2,1-3H3,(H,15,17). The summed E-state index contributed by atoms with van der Waals surface area (Å²) in [6, 6.07) is 7.82. The van der Waals surface area contributed by atoms with Crippen LogP contribution in [0.4, 0.5) is 5.82 Å². The Labute approximate surface area is 107 Å². The third kappa shape index (κ3) is 2.59. The molecule has 1 aromatic heterocycles. The number of nitrogens with zero attached hydrogens (tertiary/aromatic N) is 2. The molecule has 0 aliphatic carbocycles. The minimum atomic E-state index is -0.0885. The van der Waals surface area contributed by atoms with Gasteiger partial charge in [-0.1, -0.05) is 32.9 Å². The second-order valence-corrected chi connectivity index (χ2v) is 5.31. The zero-order chi connectivity index (χ0) is 13.2. The topological polar surface area (TPSA) is 58.0 Å². The van der Waals surface area contributed by atoms with Gasteiger partial charge in [-0.2, -0.15) is 0 Å². The first-order valence-electron chi connectivity index (χ1n) is 6.14. The highest BCUT2D eigenvalue weighted by Gasteiger charge is 2.21. The van der Waals surface area contributed by atoms with Gasteiger partial charge < -0.3 is 10.4 Å². The first-order chi connectivity index (χ1) is 8.52. The van der Waals surface area contributed by atoms with Crippen molar-refractivity contribution in [2.24, 2.45) is 0 Å². The maximum absolute atomic E-state index is 8.92. The Kier molecular flexibility index (Phi) is 3.48. The van der Waals surface area contributed by atoms with E-state index in [9.17, 15) is 0 Å². The Morgan fingerprint density at radius 2 is 1.72 bits per heavy atom. The predicted molar refractivity (Wildman–Crippen MR) is 73.8 cm³/mol. The van der Waals surface area contributed by atoms with Gasteiger partial charge in [-0.3, -0.25) is 0 Å². The molecule has 0 radical (unpaired) electrons. The van der Waals surface area contributed by atoms with Crippen LogP contribution in [-0.4, -0.2) is 28.2 Å². The summed E-state index contributed by atoms with van der Waals surface area (Å²) in [4.78, 5) is 9.29. The van der Waals surface area contributed by atoms with Crippen molar-refractivity contribution < 1.29 is 5.11 Å². The molecule has 96 valence electrons. The van der Waals surface area contributed by atoms with E-state index in [1.807, 2.05) is 24.3 Å². The average molecular weight is 245 g/mol. The van der Waals surface area contributed by atoms with Crippen LogP contribution in [0, 0.1) is 0 Å². The molecule has 1 aromatic carbocycles. The number of aliphatic hydroxyl groups is 1. The highest BCUT2D eigenvalue weighted by Crippen LogP contribution is 2.28. The molecule has 0 amide bonds. The van der Waals surface area contributed by atoms with Crippen LogP contribution in [0.2, 0.25) is 0 Å². The van der Waals surface area contributed by atoms with Crippen LogP contribution in [0.5, 0.6) is 0 Å². The van der Waals surface area contributed by atoms with E-state index < -0.39 is 0 Å². The lowest BCUT2D eigenvalue weighted by Gasteiger charge is -2.21. The molecule has 0 spiro atoms. The molecular formula is C14H19N3O. The van der Waals surface area contributed by atoms with Crippen molar-refractivity contribution in [1.29, 1.82) is 0 Å². The minimum Gasteiger partial charge on any atom is -0.395 e. The molecule has 0 saturated carbocycles. The lowest BCUT2D eigenvalue weighted by molar-refractivity contribution is 0.311. The summed E-state index contributed by atoms with van der Waals surface area (Å²) in [6.45, 7) is 6.88. The zero-order valence-corrected chi connectivity index (χ0v) is 11.1. The molecule has 4 nitrogen and oxygen atoms in total. The van der Waals surface area contributed by atoms with Gasteiger partial charge in [0.15, 0.2) is 0 Å². The quantitative estimate of drug-likeness (QED) is 0.871.